The van der Waals surface area contributed by atoms with Crippen LogP contribution in [0, 0.1) is 6.92 Å². The fraction of sp³-hybridized carbons (Fsp3) is 0.480. The third-order valence-electron chi connectivity index (χ3n) is 5.94. The Hall–Kier alpha value is -3.19. The Kier molecular flexibility index (Phi) is 9.49. The van der Waals surface area contributed by atoms with Crippen LogP contribution in [0.15, 0.2) is 30.3 Å². The highest BCUT2D eigenvalue weighted by Gasteiger charge is 2.50. The van der Waals surface area contributed by atoms with Gasteiger partial charge in [0.25, 0.3) is 5.91 Å². The molecule has 0 bridgehead atoms. The minimum Gasteiger partial charge on any atom is -0.383 e. The Morgan fingerprint density at radius 2 is 1.70 bits per heavy atom. The second kappa shape index (κ2) is 12.4. The van der Waals surface area contributed by atoms with Crippen molar-refractivity contribution < 1.29 is 33.4 Å². The van der Waals surface area contributed by atoms with E-state index in [1.165, 1.54) is 14.2 Å². The number of carbonyl (C=O) groups is 4. The SMILES string of the molecule is COC[C@H](NC(=O)[C@H](COC)c1nc(C)sc1C(N)=O)C(=O)N[C@@H](Cc1ccccc1)C(=O)[C@@]1(C)CO1. The number of nitrogens with zero attached hydrogens (tertiary/aromatic N) is 1. The Balaban J connectivity index is 1.80. The molecule has 0 radical (unpaired) electrons. The van der Waals surface area contributed by atoms with Gasteiger partial charge in [-0.1, -0.05) is 30.3 Å². The Bertz CT molecular complexity index is 1130. The summed E-state index contributed by atoms with van der Waals surface area (Å²) in [4.78, 5) is 56.1. The molecular weight excluding hydrogens is 500 g/mol. The van der Waals surface area contributed by atoms with E-state index in [1.807, 2.05) is 30.3 Å². The van der Waals surface area contributed by atoms with Gasteiger partial charge in [0, 0.05) is 14.2 Å². The molecule has 200 valence electrons. The number of nitrogens with one attached hydrogen (secondary N) is 2. The van der Waals surface area contributed by atoms with Crippen molar-refractivity contribution in [3.05, 3.63) is 51.5 Å². The number of thiazole rings is 1. The summed E-state index contributed by atoms with van der Waals surface area (Å²) in [5.41, 5.74) is 5.56. The van der Waals surface area contributed by atoms with Crippen LogP contribution in [0.3, 0.4) is 0 Å². The van der Waals surface area contributed by atoms with Crippen LogP contribution in [0.2, 0.25) is 0 Å². The van der Waals surface area contributed by atoms with Gasteiger partial charge < -0.3 is 30.6 Å². The van der Waals surface area contributed by atoms with Gasteiger partial charge in [-0.05, 0) is 25.8 Å². The zero-order valence-electron chi connectivity index (χ0n) is 21.2. The number of amides is 3. The van der Waals surface area contributed by atoms with Crippen molar-refractivity contribution in [1.82, 2.24) is 15.6 Å². The lowest BCUT2D eigenvalue weighted by Gasteiger charge is -2.25. The molecule has 3 rings (SSSR count). The fourth-order valence-electron chi connectivity index (χ4n) is 3.87. The van der Waals surface area contributed by atoms with Crippen LogP contribution in [0.4, 0.5) is 0 Å². The molecule has 0 saturated carbocycles. The van der Waals surface area contributed by atoms with Crippen molar-refractivity contribution in [2.24, 2.45) is 5.73 Å². The van der Waals surface area contributed by atoms with Gasteiger partial charge in [0.1, 0.15) is 22.4 Å². The van der Waals surface area contributed by atoms with Gasteiger partial charge in [0.05, 0.1) is 36.6 Å². The molecule has 1 saturated heterocycles. The highest BCUT2D eigenvalue weighted by Crippen LogP contribution is 2.29. The average Bonchev–Trinajstić information content (AvgIpc) is 3.50. The highest BCUT2D eigenvalue weighted by atomic mass is 32.1. The number of aryl methyl sites for hydroxylation is 1. The normalized spacial score (nSPS) is 18.9. The number of ketones is 1. The van der Waals surface area contributed by atoms with Crippen LogP contribution >= 0.6 is 11.3 Å². The number of ether oxygens (including phenoxy) is 3. The predicted molar refractivity (Wildman–Crippen MR) is 135 cm³/mol. The molecule has 0 unspecified atom stereocenters. The number of primary amides is 1. The maximum atomic E-state index is 13.3. The van der Waals surface area contributed by atoms with E-state index in [-0.39, 0.29) is 42.6 Å². The lowest BCUT2D eigenvalue weighted by Crippen LogP contribution is -2.56. The molecule has 0 spiro atoms. The topological polar surface area (TPSA) is 162 Å². The summed E-state index contributed by atoms with van der Waals surface area (Å²) in [7, 11) is 2.79. The van der Waals surface area contributed by atoms with E-state index in [0.717, 1.165) is 16.9 Å². The first-order chi connectivity index (χ1) is 17.6. The number of Topliss-reactive ketones (excluding diaryl/α,β-unsaturated/α-hetero) is 1. The number of benzene rings is 1. The standard InChI is InChI=1S/C25H32N4O7S/c1-14-27-19(20(37-14)22(26)31)16(11-34-3)23(32)29-18(12-35-4)24(33)28-17(21(30)25(2)13-36-25)10-15-8-6-5-7-9-15/h5-9,16-18H,10-13H2,1-4H3,(H2,26,31)(H,28,33)(H,29,32)/t16-,17+,18+,25-/m1/s1. The molecule has 0 aliphatic carbocycles. The second-order valence-corrected chi connectivity index (χ2v) is 10.2. The molecule has 2 aromatic rings. The molecule has 1 aromatic carbocycles. The van der Waals surface area contributed by atoms with E-state index in [9.17, 15) is 19.2 Å². The summed E-state index contributed by atoms with van der Waals surface area (Å²) < 4.78 is 15.7. The van der Waals surface area contributed by atoms with Gasteiger partial charge in [-0.2, -0.15) is 0 Å². The van der Waals surface area contributed by atoms with E-state index in [4.69, 9.17) is 19.9 Å². The molecule has 2 heterocycles. The predicted octanol–water partition coefficient (Wildman–Crippen LogP) is 0.497. The molecule has 37 heavy (non-hydrogen) atoms. The third-order valence-corrected chi connectivity index (χ3v) is 6.95. The quantitative estimate of drug-likeness (QED) is 0.296. The monoisotopic (exact) mass is 532 g/mol. The first-order valence-electron chi connectivity index (χ1n) is 11.7. The zero-order valence-corrected chi connectivity index (χ0v) is 22.1. The molecule has 4 N–H and O–H groups in total. The molecule has 1 aromatic heterocycles. The van der Waals surface area contributed by atoms with Crippen molar-refractivity contribution in [1.29, 1.82) is 0 Å². The highest BCUT2D eigenvalue weighted by molar-refractivity contribution is 7.13. The zero-order chi connectivity index (χ0) is 27.2. The van der Waals surface area contributed by atoms with Crippen LogP contribution < -0.4 is 16.4 Å². The number of nitrogens with two attached hydrogens (primary N) is 1. The Morgan fingerprint density at radius 1 is 1.08 bits per heavy atom. The number of rotatable bonds is 14. The van der Waals surface area contributed by atoms with E-state index in [0.29, 0.717) is 5.01 Å². The third kappa shape index (κ3) is 7.19. The first-order valence-corrected chi connectivity index (χ1v) is 12.5. The molecule has 3 amide bonds. The number of carbonyl (C=O) groups excluding carboxylic acids is 4. The van der Waals surface area contributed by atoms with Gasteiger partial charge in [0.15, 0.2) is 5.78 Å². The van der Waals surface area contributed by atoms with Gasteiger partial charge in [-0.3, -0.25) is 19.2 Å². The van der Waals surface area contributed by atoms with Crippen LogP contribution in [-0.4, -0.2) is 80.2 Å². The minimum atomic E-state index is -1.13. The number of hydrogen-bond donors (Lipinski definition) is 3. The van der Waals surface area contributed by atoms with Gasteiger partial charge >= 0.3 is 0 Å². The molecule has 11 nitrogen and oxygen atoms in total. The summed E-state index contributed by atoms with van der Waals surface area (Å²) in [6.45, 7) is 3.39. The Morgan fingerprint density at radius 3 is 2.27 bits per heavy atom. The maximum absolute atomic E-state index is 13.3. The fourth-order valence-corrected chi connectivity index (χ4v) is 4.71. The van der Waals surface area contributed by atoms with Crippen LogP contribution in [0.1, 0.15) is 38.8 Å². The van der Waals surface area contributed by atoms with E-state index in [1.54, 1.807) is 13.8 Å². The summed E-state index contributed by atoms with van der Waals surface area (Å²) in [6.07, 6.45) is 0.254. The summed E-state index contributed by atoms with van der Waals surface area (Å²) in [5, 5.41) is 5.97. The summed E-state index contributed by atoms with van der Waals surface area (Å²) in [6, 6.07) is 7.26. The van der Waals surface area contributed by atoms with Crippen molar-refractivity contribution >= 4 is 34.8 Å². The Labute approximate surface area is 219 Å². The largest absolute Gasteiger partial charge is 0.383 e. The minimum absolute atomic E-state index is 0.0958. The lowest BCUT2D eigenvalue weighted by atomic mass is 9.94. The number of hydrogen-bond acceptors (Lipinski definition) is 9. The molecule has 1 aliphatic heterocycles. The number of aromatic nitrogens is 1. The van der Waals surface area contributed by atoms with E-state index in [2.05, 4.69) is 15.6 Å². The van der Waals surface area contributed by atoms with Crippen LogP contribution in [-0.2, 0) is 35.0 Å². The average molecular weight is 533 g/mol. The van der Waals surface area contributed by atoms with E-state index >= 15 is 0 Å². The first kappa shape index (κ1) is 28.4. The lowest BCUT2D eigenvalue weighted by molar-refractivity contribution is -0.134. The molecule has 4 atom stereocenters. The molecule has 1 aliphatic rings. The van der Waals surface area contributed by atoms with Crippen molar-refractivity contribution in [2.75, 3.05) is 34.0 Å². The molecular formula is C25H32N4O7S. The van der Waals surface area contributed by atoms with Crippen molar-refractivity contribution in [3.63, 3.8) is 0 Å². The van der Waals surface area contributed by atoms with Gasteiger partial charge in [-0.25, -0.2) is 4.98 Å². The maximum Gasteiger partial charge on any atom is 0.260 e. The van der Waals surface area contributed by atoms with E-state index < -0.39 is 41.3 Å². The second-order valence-electron chi connectivity index (χ2n) is 8.97. The number of epoxide rings is 1. The smallest absolute Gasteiger partial charge is 0.260 e. The van der Waals surface area contributed by atoms with Crippen molar-refractivity contribution in [3.8, 4) is 0 Å². The summed E-state index contributed by atoms with van der Waals surface area (Å²) >= 11 is 1.08. The van der Waals surface area contributed by atoms with Crippen molar-refractivity contribution in [2.45, 2.75) is 43.9 Å². The van der Waals surface area contributed by atoms with Gasteiger partial charge in [0.2, 0.25) is 11.8 Å². The van der Waals surface area contributed by atoms with Gasteiger partial charge in [-0.15, -0.1) is 11.3 Å². The van der Waals surface area contributed by atoms with Crippen LogP contribution in [0.25, 0.3) is 0 Å². The molecule has 12 heteroatoms. The summed E-state index contributed by atoms with van der Waals surface area (Å²) in [5.74, 6) is -3.16. The molecule has 1 fully saturated rings. The number of methoxy groups -OCH3 is 2. The van der Waals surface area contributed by atoms with Crippen LogP contribution in [0.5, 0.6) is 0 Å².